The summed E-state index contributed by atoms with van der Waals surface area (Å²) in [5.41, 5.74) is 1.45. The van der Waals surface area contributed by atoms with E-state index >= 15 is 0 Å². The Balaban J connectivity index is 2.68. The van der Waals surface area contributed by atoms with E-state index in [0.29, 0.717) is 17.0 Å². The first-order chi connectivity index (χ1) is 5.74. The second-order valence-corrected chi connectivity index (χ2v) is 4.76. The highest BCUT2D eigenvalue weighted by Gasteiger charge is 2.27. The summed E-state index contributed by atoms with van der Waals surface area (Å²) < 4.78 is 0.745. The number of carbonyl (C=O) groups is 2. The first-order valence-corrected chi connectivity index (χ1v) is 4.89. The van der Waals surface area contributed by atoms with Crippen molar-refractivity contribution in [2.24, 2.45) is 0 Å². The van der Waals surface area contributed by atoms with E-state index in [-0.39, 0.29) is 5.91 Å². The Bertz CT molecular complexity index is 372. The third-order valence-corrected chi connectivity index (χ3v) is 3.58. The number of hydrogen-bond acceptors (Lipinski definition) is 3. The van der Waals surface area contributed by atoms with Crippen LogP contribution in [0.1, 0.15) is 25.6 Å². The molecule has 0 saturated heterocycles. The minimum Gasteiger partial charge on any atom is -0.348 e. The monoisotopic (exact) mass is 245 g/mol. The fraction of sp³-hybridized carbons (Fsp3) is 0.143. The van der Waals surface area contributed by atoms with Crippen molar-refractivity contribution in [2.45, 2.75) is 6.54 Å². The topological polar surface area (TPSA) is 46.2 Å². The van der Waals surface area contributed by atoms with Crippen molar-refractivity contribution in [1.29, 1.82) is 0 Å². The Kier molecular flexibility index (Phi) is 1.77. The molecule has 1 aromatic heterocycles. The zero-order valence-electron chi connectivity index (χ0n) is 5.89. The highest BCUT2D eigenvalue weighted by atomic mass is 79.9. The van der Waals surface area contributed by atoms with Crippen LogP contribution in [0.2, 0.25) is 0 Å². The van der Waals surface area contributed by atoms with E-state index in [1.807, 2.05) is 0 Å². The minimum absolute atomic E-state index is 0.0961. The molecule has 1 N–H and O–H groups in total. The van der Waals surface area contributed by atoms with Gasteiger partial charge in [-0.3, -0.25) is 9.59 Å². The van der Waals surface area contributed by atoms with E-state index in [9.17, 15) is 9.59 Å². The predicted octanol–water partition coefficient (Wildman–Crippen LogP) is 1.57. The molecule has 1 aromatic rings. The van der Waals surface area contributed by atoms with Gasteiger partial charge < -0.3 is 5.32 Å². The molecule has 2 heterocycles. The lowest BCUT2D eigenvalue weighted by Gasteiger charge is -1.89. The van der Waals surface area contributed by atoms with Gasteiger partial charge in [0, 0.05) is 12.1 Å². The van der Waals surface area contributed by atoms with Crippen molar-refractivity contribution in [3.8, 4) is 0 Å². The molecule has 2 rings (SSSR count). The van der Waals surface area contributed by atoms with Crippen LogP contribution in [0.25, 0.3) is 0 Å². The number of hydrogen-bond donors (Lipinski definition) is 1. The maximum Gasteiger partial charge on any atom is 0.253 e. The van der Waals surface area contributed by atoms with Crippen molar-refractivity contribution >= 4 is 39.5 Å². The maximum atomic E-state index is 11.2. The molecule has 1 amide bonds. The van der Waals surface area contributed by atoms with Gasteiger partial charge in [0.2, 0.25) is 0 Å². The van der Waals surface area contributed by atoms with E-state index in [1.165, 1.54) is 11.3 Å². The number of amides is 1. The first kappa shape index (κ1) is 7.94. The molecule has 12 heavy (non-hydrogen) atoms. The Morgan fingerprint density at radius 3 is 3.00 bits per heavy atom. The van der Waals surface area contributed by atoms with E-state index in [2.05, 4.69) is 21.2 Å². The van der Waals surface area contributed by atoms with Crippen LogP contribution in [0.3, 0.4) is 0 Å². The lowest BCUT2D eigenvalue weighted by atomic mass is 10.2. The molecule has 0 saturated carbocycles. The van der Waals surface area contributed by atoms with Gasteiger partial charge in [0.05, 0.1) is 14.2 Å². The SMILES string of the molecule is O=Cc1sc(Br)c2c1CNC2=O. The quantitative estimate of drug-likeness (QED) is 0.764. The van der Waals surface area contributed by atoms with Crippen molar-refractivity contribution in [3.05, 3.63) is 19.8 Å². The zero-order valence-corrected chi connectivity index (χ0v) is 8.29. The number of halogens is 1. The van der Waals surface area contributed by atoms with Gasteiger partial charge in [-0.1, -0.05) is 0 Å². The van der Waals surface area contributed by atoms with Crippen LogP contribution in [-0.4, -0.2) is 12.2 Å². The standard InChI is InChI=1S/C7H4BrNO2S/c8-6-5-3(1-9-7(5)11)4(2-10)12-6/h2H,1H2,(H,9,11). The molecule has 0 spiro atoms. The maximum absolute atomic E-state index is 11.2. The fourth-order valence-electron chi connectivity index (χ4n) is 1.21. The second kappa shape index (κ2) is 2.67. The molecule has 0 aromatic carbocycles. The summed E-state index contributed by atoms with van der Waals surface area (Å²) in [5.74, 6) is -0.0961. The van der Waals surface area contributed by atoms with Gasteiger partial charge in [-0.2, -0.15) is 0 Å². The van der Waals surface area contributed by atoms with E-state index in [1.54, 1.807) is 0 Å². The fourth-order valence-corrected chi connectivity index (χ4v) is 3.00. The Morgan fingerprint density at radius 1 is 1.58 bits per heavy atom. The molecule has 5 heteroatoms. The smallest absolute Gasteiger partial charge is 0.253 e. The molecular weight excluding hydrogens is 242 g/mol. The minimum atomic E-state index is -0.0961. The van der Waals surface area contributed by atoms with E-state index < -0.39 is 0 Å². The molecule has 3 nitrogen and oxygen atoms in total. The van der Waals surface area contributed by atoms with Crippen LogP contribution >= 0.6 is 27.3 Å². The van der Waals surface area contributed by atoms with Crippen LogP contribution in [0.15, 0.2) is 3.79 Å². The molecule has 0 atom stereocenters. The molecule has 0 bridgehead atoms. The molecule has 0 unspecified atom stereocenters. The van der Waals surface area contributed by atoms with Crippen LogP contribution in [0.5, 0.6) is 0 Å². The predicted molar refractivity (Wildman–Crippen MR) is 48.6 cm³/mol. The Labute approximate surface area is 80.9 Å². The lowest BCUT2D eigenvalue weighted by Crippen LogP contribution is -2.12. The summed E-state index contributed by atoms with van der Waals surface area (Å²) in [6, 6.07) is 0. The van der Waals surface area contributed by atoms with Crippen molar-refractivity contribution in [3.63, 3.8) is 0 Å². The van der Waals surface area contributed by atoms with Gasteiger partial charge in [0.15, 0.2) is 6.29 Å². The molecule has 0 radical (unpaired) electrons. The number of aldehydes is 1. The van der Waals surface area contributed by atoms with Crippen LogP contribution < -0.4 is 5.32 Å². The molecular formula is C7H4BrNO2S. The molecule has 1 aliphatic rings. The summed E-state index contributed by atoms with van der Waals surface area (Å²) in [7, 11) is 0. The number of rotatable bonds is 1. The molecule has 0 aliphatic carbocycles. The van der Waals surface area contributed by atoms with Gasteiger partial charge in [-0.25, -0.2) is 0 Å². The summed E-state index contributed by atoms with van der Waals surface area (Å²) in [4.78, 5) is 22.3. The average molecular weight is 246 g/mol. The largest absolute Gasteiger partial charge is 0.348 e. The van der Waals surface area contributed by atoms with Gasteiger partial charge >= 0.3 is 0 Å². The summed E-state index contributed by atoms with van der Waals surface area (Å²) in [6.07, 6.45) is 0.786. The third kappa shape index (κ3) is 0.931. The molecule has 0 fully saturated rings. The zero-order chi connectivity index (χ0) is 8.72. The van der Waals surface area contributed by atoms with Gasteiger partial charge in [-0.15, -0.1) is 11.3 Å². The highest BCUT2D eigenvalue weighted by molar-refractivity contribution is 9.11. The average Bonchev–Trinajstić information content (AvgIpc) is 2.55. The number of nitrogens with one attached hydrogen (secondary N) is 1. The van der Waals surface area contributed by atoms with Crippen molar-refractivity contribution in [1.82, 2.24) is 5.32 Å². The Morgan fingerprint density at radius 2 is 2.33 bits per heavy atom. The van der Waals surface area contributed by atoms with Crippen molar-refractivity contribution in [2.75, 3.05) is 0 Å². The second-order valence-electron chi connectivity index (χ2n) is 2.39. The normalized spacial score (nSPS) is 14.2. The number of thiophene rings is 1. The number of carbonyl (C=O) groups excluding carboxylic acids is 2. The first-order valence-electron chi connectivity index (χ1n) is 3.28. The highest BCUT2D eigenvalue weighted by Crippen LogP contribution is 2.34. The van der Waals surface area contributed by atoms with Gasteiger partial charge in [0.1, 0.15) is 0 Å². The van der Waals surface area contributed by atoms with Crippen LogP contribution in [0, 0.1) is 0 Å². The molecule has 62 valence electrons. The molecule has 1 aliphatic heterocycles. The summed E-state index contributed by atoms with van der Waals surface area (Å²) in [5, 5.41) is 2.66. The summed E-state index contributed by atoms with van der Waals surface area (Å²) in [6.45, 7) is 0.477. The van der Waals surface area contributed by atoms with Crippen LogP contribution in [-0.2, 0) is 6.54 Å². The third-order valence-electron chi connectivity index (χ3n) is 1.76. The van der Waals surface area contributed by atoms with E-state index in [0.717, 1.165) is 15.6 Å². The Hall–Kier alpha value is -0.680. The van der Waals surface area contributed by atoms with Crippen LogP contribution in [0.4, 0.5) is 0 Å². The lowest BCUT2D eigenvalue weighted by molar-refractivity contribution is 0.0965. The number of fused-ring (bicyclic) bond motifs is 1. The van der Waals surface area contributed by atoms with Gasteiger partial charge in [0.25, 0.3) is 5.91 Å². The summed E-state index contributed by atoms with van der Waals surface area (Å²) >= 11 is 4.56. The van der Waals surface area contributed by atoms with E-state index in [4.69, 9.17) is 0 Å². The van der Waals surface area contributed by atoms with Crippen molar-refractivity contribution < 1.29 is 9.59 Å². The van der Waals surface area contributed by atoms with Gasteiger partial charge in [-0.05, 0) is 15.9 Å².